The van der Waals surface area contributed by atoms with Crippen molar-refractivity contribution in [3.63, 3.8) is 0 Å². The molecule has 25 aromatic rings. The Hall–Kier alpha value is -14.5. The molecule has 4 aliphatic heterocycles. The molecule has 4 nitrogen and oxygen atoms in total. The van der Waals surface area contributed by atoms with Crippen molar-refractivity contribution in [2.24, 2.45) is 0 Å². The van der Waals surface area contributed by atoms with Gasteiger partial charge in [0.25, 0.3) is 0 Å². The Bertz CT molecular complexity index is 9120. The van der Waals surface area contributed by atoms with Crippen LogP contribution in [0.2, 0.25) is 0 Å². The van der Waals surface area contributed by atoms with Gasteiger partial charge in [0, 0.05) is 92.9 Å². The standard InChI is InChI=1S/C63H40N2S2.C57H36N2S2/c1-63(2)50-21-9-10-22-52(50)64(57-36-61-49(33-51(57)63)62-46-30-29-41-38-16-4-3-15-37(38)27-28-42(41)43(46)31-32-60(62)67-61)55-34-47-40-18-6-8-20-45(40)56(35-48(47)39-17-5-7-19-44(39)55)65-53-23-11-13-25-58(53)66-59-26-14-12-24-54(59)65;1-57(2)44-12-3-4-13-46(44)58(49-32-52-43(31-45(49)57)56-42-25-22-34-11-9-10-33-18-21-37(30-53(56)61-52)55(42)54(33)34)38-23-26-40-35(28-38)19-20-36-29-39(24-27-41(36)40)59-47-14-5-7-16-50(47)60-51-17-8-6-15-48(51)59/h3-36H,1-2H3;3-32H,1-2H3. The third kappa shape index (κ3) is 10.4. The molecule has 0 aliphatic carbocycles. The maximum Gasteiger partial charge on any atom is 0.0601 e. The second-order valence-electron chi connectivity index (χ2n) is 36.1. The minimum Gasteiger partial charge on any atom is -0.310 e. The lowest BCUT2D eigenvalue weighted by Crippen LogP contribution is -2.30. The van der Waals surface area contributed by atoms with Crippen molar-refractivity contribution < 1.29 is 0 Å². The zero-order chi connectivity index (χ0) is 84.3. The molecule has 0 radical (unpaired) electrons. The number of anilines is 12. The van der Waals surface area contributed by atoms with Crippen LogP contribution < -0.4 is 19.6 Å². The molecule has 23 aromatic carbocycles. The highest BCUT2D eigenvalue weighted by Crippen LogP contribution is 2.62. The second kappa shape index (κ2) is 27.0. The van der Waals surface area contributed by atoms with E-state index >= 15 is 0 Å². The Labute approximate surface area is 755 Å². The van der Waals surface area contributed by atoms with Gasteiger partial charge < -0.3 is 19.6 Å². The Morgan fingerprint density at radius 1 is 0.172 bits per heavy atom. The molecule has 2 aromatic heterocycles. The van der Waals surface area contributed by atoms with Gasteiger partial charge in [0.05, 0.1) is 56.9 Å². The van der Waals surface area contributed by atoms with Gasteiger partial charge in [-0.1, -0.05) is 306 Å². The second-order valence-corrected chi connectivity index (χ2v) is 40.4. The van der Waals surface area contributed by atoms with Crippen LogP contribution in [-0.2, 0) is 10.8 Å². The van der Waals surface area contributed by atoms with Crippen LogP contribution in [0.5, 0.6) is 0 Å². The van der Waals surface area contributed by atoms with Gasteiger partial charge in [0.15, 0.2) is 0 Å². The van der Waals surface area contributed by atoms with Crippen molar-refractivity contribution in [2.75, 3.05) is 19.6 Å². The fourth-order valence-corrected chi connectivity index (χ4v) is 27.2. The van der Waals surface area contributed by atoms with Gasteiger partial charge in [0.2, 0.25) is 0 Å². The lowest BCUT2D eigenvalue weighted by Gasteiger charge is -2.42. The maximum atomic E-state index is 2.59. The zero-order valence-electron chi connectivity index (χ0n) is 70.4. The molecule has 0 amide bonds. The number of hydrogen-bond acceptors (Lipinski definition) is 8. The number of fused-ring (bicyclic) bond motifs is 29. The minimum atomic E-state index is -0.255. The summed E-state index contributed by atoms with van der Waals surface area (Å²) < 4.78 is 5.30. The topological polar surface area (TPSA) is 13.0 Å². The van der Waals surface area contributed by atoms with Crippen LogP contribution in [0, 0.1) is 0 Å². The molecule has 0 unspecified atom stereocenters. The van der Waals surface area contributed by atoms with Crippen LogP contribution in [0.1, 0.15) is 49.9 Å². The van der Waals surface area contributed by atoms with Gasteiger partial charge in [-0.25, -0.2) is 0 Å². The van der Waals surface area contributed by atoms with E-state index in [2.05, 4.69) is 436 Å². The number of benzene rings is 23. The molecular weight excluding hydrogens is 1630 g/mol. The van der Waals surface area contributed by atoms with Gasteiger partial charge in [-0.15, -0.1) is 22.7 Å². The number of hydrogen-bond donors (Lipinski definition) is 0. The summed E-state index contributed by atoms with van der Waals surface area (Å²) in [4.78, 5) is 15.1. The molecule has 128 heavy (non-hydrogen) atoms. The summed E-state index contributed by atoms with van der Waals surface area (Å²) in [5.74, 6) is 0. The first-order valence-electron chi connectivity index (χ1n) is 44.2. The van der Waals surface area contributed by atoms with Gasteiger partial charge >= 0.3 is 0 Å². The molecule has 600 valence electrons. The Morgan fingerprint density at radius 2 is 0.531 bits per heavy atom. The Balaban J connectivity index is 0.000000130. The number of nitrogens with zero attached hydrogens (tertiary/aromatic N) is 4. The lowest BCUT2D eigenvalue weighted by atomic mass is 9.73. The van der Waals surface area contributed by atoms with Gasteiger partial charge in [-0.05, 0) is 263 Å². The normalized spacial score (nSPS) is 14.2. The van der Waals surface area contributed by atoms with E-state index in [1.165, 1.54) is 269 Å². The molecule has 8 heteroatoms. The third-order valence-corrected chi connectivity index (χ3v) is 33.1. The summed E-state index contributed by atoms with van der Waals surface area (Å²) in [5.41, 5.74) is 19.5. The largest absolute Gasteiger partial charge is 0.310 e. The highest BCUT2D eigenvalue weighted by Gasteiger charge is 2.41. The molecule has 6 heterocycles. The van der Waals surface area contributed by atoms with E-state index in [-0.39, 0.29) is 10.8 Å². The smallest absolute Gasteiger partial charge is 0.0601 e. The zero-order valence-corrected chi connectivity index (χ0v) is 73.6. The van der Waals surface area contributed by atoms with Crippen molar-refractivity contribution in [1.82, 2.24) is 0 Å². The predicted molar refractivity (Wildman–Crippen MR) is 554 cm³/mol. The monoisotopic (exact) mass is 1700 g/mol. The first kappa shape index (κ1) is 72.8. The van der Waals surface area contributed by atoms with Gasteiger partial charge in [0.1, 0.15) is 0 Å². The molecule has 0 bridgehead atoms. The molecule has 0 atom stereocenters. The van der Waals surface area contributed by atoms with Crippen molar-refractivity contribution in [3.05, 3.63) is 411 Å². The van der Waals surface area contributed by atoms with E-state index < -0.39 is 0 Å². The average Bonchev–Trinajstić information content (AvgIpc) is 1.35. The van der Waals surface area contributed by atoms with Crippen LogP contribution in [-0.4, -0.2) is 0 Å². The molecule has 0 saturated heterocycles. The van der Waals surface area contributed by atoms with Crippen molar-refractivity contribution in [2.45, 2.75) is 58.1 Å². The summed E-state index contributed by atoms with van der Waals surface area (Å²) in [6.07, 6.45) is 0. The first-order chi connectivity index (χ1) is 63.0. The molecule has 29 rings (SSSR count). The van der Waals surface area contributed by atoms with E-state index in [4.69, 9.17) is 0 Å². The Morgan fingerprint density at radius 3 is 1.11 bits per heavy atom. The summed E-state index contributed by atoms with van der Waals surface area (Å²) in [6, 6.07) is 146. The van der Waals surface area contributed by atoms with E-state index in [1.807, 2.05) is 46.2 Å². The highest BCUT2D eigenvalue weighted by atomic mass is 32.2. The summed E-state index contributed by atoms with van der Waals surface area (Å²) in [5, 5.41) is 33.7. The highest BCUT2D eigenvalue weighted by molar-refractivity contribution is 8.00. The van der Waals surface area contributed by atoms with Crippen molar-refractivity contribution in [3.8, 4) is 0 Å². The Kier molecular flexibility index (Phi) is 15.4. The summed E-state index contributed by atoms with van der Waals surface area (Å²) in [7, 11) is 0. The minimum absolute atomic E-state index is 0.201. The molecule has 0 saturated carbocycles. The van der Waals surface area contributed by atoms with E-state index in [0.717, 1.165) is 0 Å². The number of para-hydroxylation sites is 6. The first-order valence-corrected chi connectivity index (χ1v) is 47.5. The van der Waals surface area contributed by atoms with Crippen LogP contribution in [0.15, 0.2) is 408 Å². The van der Waals surface area contributed by atoms with Crippen molar-refractivity contribution in [1.29, 1.82) is 0 Å². The average molecular weight is 1700 g/mol. The summed E-state index contributed by atoms with van der Waals surface area (Å²) in [6.45, 7) is 9.65. The molecule has 4 aliphatic rings. The third-order valence-electron chi connectivity index (χ3n) is 28.6. The lowest BCUT2D eigenvalue weighted by molar-refractivity contribution is 0.633. The predicted octanol–water partition coefficient (Wildman–Crippen LogP) is 36.3. The van der Waals surface area contributed by atoms with Crippen LogP contribution in [0.3, 0.4) is 0 Å². The van der Waals surface area contributed by atoms with E-state index in [1.54, 1.807) is 0 Å². The van der Waals surface area contributed by atoms with Crippen molar-refractivity contribution >= 4 is 273 Å². The fraction of sp³-hybridized carbons (Fsp3) is 0.0500. The maximum absolute atomic E-state index is 2.59. The van der Waals surface area contributed by atoms with E-state index in [9.17, 15) is 0 Å². The molecular formula is C120H76N4S4. The molecule has 0 N–H and O–H groups in total. The quantitative estimate of drug-likeness (QED) is 0.162. The van der Waals surface area contributed by atoms with Crippen LogP contribution >= 0.6 is 46.2 Å². The van der Waals surface area contributed by atoms with Gasteiger partial charge in [-0.2, -0.15) is 0 Å². The van der Waals surface area contributed by atoms with Gasteiger partial charge in [-0.3, -0.25) is 0 Å². The SMILES string of the molecule is CC1(C)c2ccccc2N(c2cc3c4ccccc4c(N4c5ccccc5Sc5ccccc54)cc3c3ccccc23)c2cc3sc4ccc5c6ccc7ccccc7c6ccc5c4c3cc21.CC1(C)c2ccccc2N(c2ccc3c(ccc4cc(N5c6ccccc6Sc6ccccc65)ccc43)c2)c2cc3sc4cc5ccc6cccc7ccc(c4c3cc21)c5c67. The molecule has 0 fully saturated rings. The summed E-state index contributed by atoms with van der Waals surface area (Å²) >= 11 is 7.55. The fourth-order valence-electron chi connectivity index (χ4n) is 22.7. The van der Waals surface area contributed by atoms with E-state index in [0.29, 0.717) is 0 Å². The number of rotatable bonds is 4. The number of thiophene rings is 2. The molecule has 0 spiro atoms. The van der Waals surface area contributed by atoms with Crippen LogP contribution in [0.4, 0.5) is 68.2 Å². The van der Waals surface area contributed by atoms with Crippen LogP contribution in [0.25, 0.3) is 159 Å².